The zero-order valence-electron chi connectivity index (χ0n) is 12.0. The summed E-state index contributed by atoms with van der Waals surface area (Å²) in [5, 5.41) is 0. The Hall–Kier alpha value is -0.570. The van der Waals surface area contributed by atoms with E-state index in [2.05, 4.69) is 18.7 Å². The molecule has 1 heterocycles. The van der Waals surface area contributed by atoms with Crippen molar-refractivity contribution >= 4 is 5.97 Å². The van der Waals surface area contributed by atoms with Gasteiger partial charge in [0.1, 0.15) is 0 Å². The van der Waals surface area contributed by atoms with Crippen molar-refractivity contribution in [1.29, 1.82) is 0 Å². The molecule has 0 N–H and O–H groups in total. The van der Waals surface area contributed by atoms with E-state index in [9.17, 15) is 4.79 Å². The van der Waals surface area contributed by atoms with Crippen LogP contribution in [0, 0.1) is 17.8 Å². The van der Waals surface area contributed by atoms with E-state index < -0.39 is 0 Å². The van der Waals surface area contributed by atoms with Gasteiger partial charge in [-0.15, -0.1) is 0 Å². The van der Waals surface area contributed by atoms with Crippen LogP contribution < -0.4 is 0 Å². The van der Waals surface area contributed by atoms with Crippen molar-refractivity contribution in [3.05, 3.63) is 0 Å². The van der Waals surface area contributed by atoms with Crippen molar-refractivity contribution in [1.82, 2.24) is 4.90 Å². The number of carbonyl (C=O) groups excluding carboxylic acids is 1. The molecule has 104 valence electrons. The molecule has 0 aromatic carbocycles. The first-order valence-electron chi connectivity index (χ1n) is 7.47. The van der Waals surface area contributed by atoms with Crippen molar-refractivity contribution in [3.8, 4) is 0 Å². The molecule has 2 unspecified atom stereocenters. The minimum absolute atomic E-state index is 0.0211. The van der Waals surface area contributed by atoms with Gasteiger partial charge in [-0.3, -0.25) is 9.69 Å². The third-order valence-corrected chi connectivity index (χ3v) is 5.05. The Morgan fingerprint density at radius 2 is 1.89 bits per heavy atom. The molecule has 1 saturated carbocycles. The molecule has 1 aliphatic heterocycles. The fourth-order valence-electron chi connectivity index (χ4n) is 3.68. The summed E-state index contributed by atoms with van der Waals surface area (Å²) in [6.07, 6.45) is 6.70. The van der Waals surface area contributed by atoms with Crippen LogP contribution in [0.15, 0.2) is 0 Å². The van der Waals surface area contributed by atoms with Crippen LogP contribution in [0.1, 0.15) is 46.0 Å². The third-order valence-electron chi connectivity index (χ3n) is 5.05. The molecule has 1 aliphatic carbocycles. The number of esters is 1. The largest absolute Gasteiger partial charge is 0.469 e. The van der Waals surface area contributed by atoms with E-state index in [-0.39, 0.29) is 11.9 Å². The van der Waals surface area contributed by atoms with Crippen LogP contribution in [0.2, 0.25) is 0 Å². The maximum Gasteiger partial charge on any atom is 0.310 e. The van der Waals surface area contributed by atoms with E-state index in [1.54, 1.807) is 0 Å². The molecule has 2 atom stereocenters. The summed E-state index contributed by atoms with van der Waals surface area (Å²) in [7, 11) is 1.50. The van der Waals surface area contributed by atoms with Crippen LogP contribution in [0.25, 0.3) is 0 Å². The summed E-state index contributed by atoms with van der Waals surface area (Å²) in [5.74, 6) is 1.46. The Morgan fingerprint density at radius 3 is 2.44 bits per heavy atom. The summed E-state index contributed by atoms with van der Waals surface area (Å²) in [5.41, 5.74) is 0. The van der Waals surface area contributed by atoms with Crippen molar-refractivity contribution < 1.29 is 9.53 Å². The van der Waals surface area contributed by atoms with E-state index in [0.29, 0.717) is 12.0 Å². The Morgan fingerprint density at radius 1 is 1.22 bits per heavy atom. The van der Waals surface area contributed by atoms with Gasteiger partial charge in [-0.1, -0.05) is 20.3 Å². The van der Waals surface area contributed by atoms with Gasteiger partial charge < -0.3 is 4.74 Å². The van der Waals surface area contributed by atoms with Gasteiger partial charge in [0.05, 0.1) is 13.0 Å². The second-order valence-electron chi connectivity index (χ2n) is 6.14. The first-order valence-corrected chi connectivity index (χ1v) is 7.47. The molecule has 0 radical (unpaired) electrons. The van der Waals surface area contributed by atoms with Gasteiger partial charge in [0, 0.05) is 19.1 Å². The molecule has 18 heavy (non-hydrogen) atoms. The zero-order valence-corrected chi connectivity index (χ0v) is 12.0. The number of rotatable bonds is 3. The predicted molar refractivity (Wildman–Crippen MR) is 72.3 cm³/mol. The number of methoxy groups -OCH3 is 1. The lowest BCUT2D eigenvalue weighted by atomic mass is 9.84. The predicted octanol–water partition coefficient (Wildman–Crippen LogP) is 2.70. The lowest BCUT2D eigenvalue weighted by molar-refractivity contribution is -0.146. The highest BCUT2D eigenvalue weighted by molar-refractivity contribution is 5.73. The number of likely N-dealkylation sites (tertiary alicyclic amines) is 1. The summed E-state index contributed by atoms with van der Waals surface area (Å²) in [4.78, 5) is 14.2. The molecule has 0 amide bonds. The second-order valence-corrected chi connectivity index (χ2v) is 6.14. The molecule has 0 aromatic heterocycles. The van der Waals surface area contributed by atoms with Gasteiger partial charge in [-0.05, 0) is 37.5 Å². The Labute approximate surface area is 111 Å². The monoisotopic (exact) mass is 253 g/mol. The van der Waals surface area contributed by atoms with Crippen LogP contribution in [-0.2, 0) is 9.53 Å². The summed E-state index contributed by atoms with van der Waals surface area (Å²) in [6, 6.07) is 0.713. The van der Waals surface area contributed by atoms with Crippen molar-refractivity contribution in [2.45, 2.75) is 52.0 Å². The third kappa shape index (κ3) is 2.87. The summed E-state index contributed by atoms with van der Waals surface area (Å²) < 4.78 is 4.91. The van der Waals surface area contributed by atoms with Crippen LogP contribution in [-0.4, -0.2) is 37.1 Å². The molecule has 0 aromatic rings. The fourth-order valence-corrected chi connectivity index (χ4v) is 3.68. The lowest BCUT2D eigenvalue weighted by Crippen LogP contribution is -2.37. The number of hydrogen-bond acceptors (Lipinski definition) is 3. The van der Waals surface area contributed by atoms with E-state index in [1.165, 1.54) is 39.2 Å². The van der Waals surface area contributed by atoms with Gasteiger partial charge in [-0.25, -0.2) is 0 Å². The molecule has 2 fully saturated rings. The van der Waals surface area contributed by atoms with Gasteiger partial charge in [0.25, 0.3) is 0 Å². The van der Waals surface area contributed by atoms with Crippen LogP contribution in [0.5, 0.6) is 0 Å². The van der Waals surface area contributed by atoms with Crippen molar-refractivity contribution in [2.24, 2.45) is 17.8 Å². The van der Waals surface area contributed by atoms with Crippen molar-refractivity contribution in [2.75, 3.05) is 20.2 Å². The van der Waals surface area contributed by atoms with E-state index in [1.807, 2.05) is 0 Å². The number of carbonyl (C=O) groups is 1. The molecular formula is C15H27NO2. The highest BCUT2D eigenvalue weighted by atomic mass is 16.5. The van der Waals surface area contributed by atoms with Gasteiger partial charge in [0.2, 0.25) is 0 Å². The average Bonchev–Trinajstić information content (AvgIpc) is 2.80. The highest BCUT2D eigenvalue weighted by Gasteiger charge is 2.39. The smallest absolute Gasteiger partial charge is 0.310 e. The number of hydrogen-bond donors (Lipinski definition) is 0. The topological polar surface area (TPSA) is 29.5 Å². The molecule has 2 rings (SSSR count). The molecule has 3 heteroatoms. The maximum absolute atomic E-state index is 11.7. The van der Waals surface area contributed by atoms with Gasteiger partial charge in [-0.2, -0.15) is 0 Å². The first-order chi connectivity index (χ1) is 8.65. The average molecular weight is 253 g/mol. The SMILES string of the molecule is CCC1CCC(N2CC(C)C(C(=O)OC)C2)CC1. The van der Waals surface area contributed by atoms with E-state index in [4.69, 9.17) is 4.74 Å². The van der Waals surface area contributed by atoms with Crippen LogP contribution in [0.4, 0.5) is 0 Å². The van der Waals surface area contributed by atoms with Gasteiger partial charge >= 0.3 is 5.97 Å². The van der Waals surface area contributed by atoms with Crippen molar-refractivity contribution in [3.63, 3.8) is 0 Å². The minimum atomic E-state index is -0.0211. The van der Waals surface area contributed by atoms with E-state index >= 15 is 0 Å². The highest BCUT2D eigenvalue weighted by Crippen LogP contribution is 2.34. The normalized spacial score (nSPS) is 37.7. The maximum atomic E-state index is 11.7. The molecule has 0 spiro atoms. The molecule has 0 bridgehead atoms. The first kappa shape index (κ1) is 13.9. The van der Waals surface area contributed by atoms with Crippen LogP contribution in [0.3, 0.4) is 0 Å². The van der Waals surface area contributed by atoms with Crippen LogP contribution >= 0.6 is 0 Å². The standard InChI is InChI=1S/C15H27NO2/c1-4-12-5-7-13(8-6-12)16-9-11(2)14(10-16)15(17)18-3/h11-14H,4-10H2,1-3H3. The minimum Gasteiger partial charge on any atom is -0.469 e. The molecule has 3 nitrogen and oxygen atoms in total. The van der Waals surface area contributed by atoms with E-state index in [0.717, 1.165) is 19.0 Å². The molecule has 1 saturated heterocycles. The number of nitrogens with zero attached hydrogens (tertiary/aromatic N) is 1. The Kier molecular flexibility index (Phi) is 4.66. The van der Waals surface area contributed by atoms with Gasteiger partial charge in [0.15, 0.2) is 0 Å². The Bertz CT molecular complexity index is 284. The molecule has 2 aliphatic rings. The fraction of sp³-hybridized carbons (Fsp3) is 0.933. The summed E-state index contributed by atoms with van der Waals surface area (Å²) >= 11 is 0. The molecular weight excluding hydrogens is 226 g/mol. The quantitative estimate of drug-likeness (QED) is 0.724. The second kappa shape index (κ2) is 6.05. The lowest BCUT2D eigenvalue weighted by Gasteiger charge is -2.34. The number of ether oxygens (including phenoxy) is 1. The Balaban J connectivity index is 1.87. The zero-order chi connectivity index (χ0) is 13.1. The summed E-state index contributed by atoms with van der Waals surface area (Å²) in [6.45, 7) is 6.46.